The summed E-state index contributed by atoms with van der Waals surface area (Å²) in [4.78, 5) is 4.82. The van der Waals surface area contributed by atoms with Crippen molar-refractivity contribution in [3.8, 4) is 0 Å². The van der Waals surface area contributed by atoms with Crippen LogP contribution in [0, 0.1) is 0 Å². The van der Waals surface area contributed by atoms with Crippen LogP contribution in [-0.2, 0) is 7.05 Å². The molecule has 0 amide bonds. The second kappa shape index (κ2) is 7.89. The van der Waals surface area contributed by atoms with E-state index in [1.165, 1.54) is 5.56 Å². The highest BCUT2D eigenvalue weighted by molar-refractivity contribution is 5.13. The van der Waals surface area contributed by atoms with Crippen molar-refractivity contribution in [3.05, 3.63) is 18.0 Å². The van der Waals surface area contributed by atoms with Crippen molar-refractivity contribution >= 4 is 0 Å². The fourth-order valence-corrected chi connectivity index (χ4v) is 3.18. The van der Waals surface area contributed by atoms with Gasteiger partial charge in [0.15, 0.2) is 0 Å². The lowest BCUT2D eigenvalue weighted by Gasteiger charge is -2.34. The lowest BCUT2D eigenvalue weighted by atomic mass is 9.99. The highest BCUT2D eigenvalue weighted by atomic mass is 16.3. The van der Waals surface area contributed by atoms with E-state index in [4.69, 9.17) is 10.8 Å². The van der Waals surface area contributed by atoms with Crippen LogP contribution in [0.1, 0.15) is 31.4 Å². The Morgan fingerprint density at radius 2 is 2.14 bits per heavy atom. The number of β-amino-alcohol motifs (C(OH)–C–C–N with tert-alkyl or cyclic N) is 1. The Morgan fingerprint density at radius 3 is 2.76 bits per heavy atom. The summed E-state index contributed by atoms with van der Waals surface area (Å²) in [6.07, 6.45) is 6.09. The average Bonchev–Trinajstić information content (AvgIpc) is 2.76. The quantitative estimate of drug-likeness (QED) is 0.784. The van der Waals surface area contributed by atoms with Crippen molar-refractivity contribution in [3.63, 3.8) is 0 Å². The first-order valence-electron chi connectivity index (χ1n) is 7.97. The summed E-state index contributed by atoms with van der Waals surface area (Å²) in [5.41, 5.74) is 7.61. The van der Waals surface area contributed by atoms with E-state index in [0.29, 0.717) is 0 Å². The Kier molecular flexibility index (Phi) is 6.17. The van der Waals surface area contributed by atoms with Crippen LogP contribution in [0.3, 0.4) is 0 Å². The van der Waals surface area contributed by atoms with Gasteiger partial charge in [-0.25, -0.2) is 0 Å². The molecule has 0 aliphatic carbocycles. The van der Waals surface area contributed by atoms with E-state index < -0.39 is 0 Å². The number of rotatable bonds is 6. The number of nitrogens with two attached hydrogens (primary N) is 1. The summed E-state index contributed by atoms with van der Waals surface area (Å²) in [5, 5.41) is 13.4. The molecule has 2 atom stereocenters. The minimum atomic E-state index is 0.124. The van der Waals surface area contributed by atoms with Gasteiger partial charge in [-0.1, -0.05) is 6.92 Å². The molecular formula is C15H29N5O. The second-order valence-corrected chi connectivity index (χ2v) is 5.92. The van der Waals surface area contributed by atoms with Crippen molar-refractivity contribution in [2.24, 2.45) is 12.8 Å². The van der Waals surface area contributed by atoms with E-state index in [-0.39, 0.29) is 18.7 Å². The SMILES string of the molecule is CCC(N)C(c1cnn(C)c1)N1CCCN(CCO)CC1. The number of aromatic nitrogens is 2. The fraction of sp³-hybridized carbons (Fsp3) is 0.800. The molecule has 2 unspecified atom stereocenters. The Balaban J connectivity index is 2.10. The van der Waals surface area contributed by atoms with Gasteiger partial charge in [-0.3, -0.25) is 14.5 Å². The molecule has 1 aliphatic heterocycles. The molecule has 0 bridgehead atoms. The van der Waals surface area contributed by atoms with Gasteiger partial charge in [-0.15, -0.1) is 0 Å². The molecule has 1 fully saturated rings. The molecule has 1 aromatic rings. The highest BCUT2D eigenvalue weighted by Crippen LogP contribution is 2.25. The number of hydrogen-bond donors (Lipinski definition) is 2. The lowest BCUT2D eigenvalue weighted by molar-refractivity contribution is 0.164. The molecule has 1 saturated heterocycles. The zero-order valence-corrected chi connectivity index (χ0v) is 13.3. The Bertz CT molecular complexity index is 422. The molecule has 0 radical (unpaired) electrons. The van der Waals surface area contributed by atoms with Crippen molar-refractivity contribution in [1.29, 1.82) is 0 Å². The van der Waals surface area contributed by atoms with E-state index in [2.05, 4.69) is 28.0 Å². The zero-order valence-electron chi connectivity index (χ0n) is 13.3. The first kappa shape index (κ1) is 16.4. The second-order valence-electron chi connectivity index (χ2n) is 5.92. The molecule has 1 aromatic heterocycles. The van der Waals surface area contributed by atoms with Gasteiger partial charge in [0.25, 0.3) is 0 Å². The van der Waals surface area contributed by atoms with E-state index in [1.807, 2.05) is 17.9 Å². The Hall–Kier alpha value is -0.950. The van der Waals surface area contributed by atoms with Crippen LogP contribution in [0.5, 0.6) is 0 Å². The van der Waals surface area contributed by atoms with Crippen LogP contribution < -0.4 is 5.73 Å². The monoisotopic (exact) mass is 295 g/mol. The van der Waals surface area contributed by atoms with Crippen LogP contribution in [0.4, 0.5) is 0 Å². The van der Waals surface area contributed by atoms with Gasteiger partial charge in [0.05, 0.1) is 18.8 Å². The highest BCUT2D eigenvalue weighted by Gasteiger charge is 2.28. The van der Waals surface area contributed by atoms with Crippen LogP contribution >= 0.6 is 0 Å². The van der Waals surface area contributed by atoms with E-state index in [0.717, 1.165) is 45.6 Å². The molecule has 2 heterocycles. The minimum absolute atomic E-state index is 0.124. The standard InChI is InChI=1S/C15H29N5O/c1-3-14(16)15(13-11-17-18(2)12-13)20-6-4-5-19(7-8-20)9-10-21/h11-12,14-15,21H,3-10,16H2,1-2H3. The first-order chi connectivity index (χ1) is 10.2. The first-order valence-corrected chi connectivity index (χ1v) is 7.97. The summed E-state index contributed by atoms with van der Waals surface area (Å²) in [6.45, 7) is 7.24. The summed E-state index contributed by atoms with van der Waals surface area (Å²) < 4.78 is 1.85. The van der Waals surface area contributed by atoms with Gasteiger partial charge < -0.3 is 10.8 Å². The predicted molar refractivity (Wildman–Crippen MR) is 83.9 cm³/mol. The van der Waals surface area contributed by atoms with Gasteiger partial charge in [-0.05, 0) is 19.4 Å². The molecular weight excluding hydrogens is 266 g/mol. The third-order valence-electron chi connectivity index (χ3n) is 4.38. The molecule has 0 aromatic carbocycles. The number of aryl methyl sites for hydroxylation is 1. The number of aliphatic hydroxyl groups is 1. The summed E-state index contributed by atoms with van der Waals surface area (Å²) in [7, 11) is 1.95. The van der Waals surface area contributed by atoms with E-state index in [9.17, 15) is 0 Å². The Labute approximate surface area is 127 Å². The lowest BCUT2D eigenvalue weighted by Crippen LogP contribution is -2.42. The maximum absolute atomic E-state index is 9.11. The topological polar surface area (TPSA) is 70.5 Å². The summed E-state index contributed by atoms with van der Waals surface area (Å²) in [6, 6.07) is 0.358. The predicted octanol–water partition coefficient (Wildman–Crippen LogP) is 0.199. The molecule has 6 heteroatoms. The minimum Gasteiger partial charge on any atom is -0.395 e. The maximum Gasteiger partial charge on any atom is 0.0558 e. The smallest absolute Gasteiger partial charge is 0.0558 e. The van der Waals surface area contributed by atoms with Crippen molar-refractivity contribution in [2.45, 2.75) is 31.8 Å². The van der Waals surface area contributed by atoms with Crippen LogP contribution in [0.2, 0.25) is 0 Å². The zero-order chi connectivity index (χ0) is 15.2. The van der Waals surface area contributed by atoms with Crippen LogP contribution in [0.25, 0.3) is 0 Å². The largest absolute Gasteiger partial charge is 0.395 e. The number of hydrogen-bond acceptors (Lipinski definition) is 5. The summed E-state index contributed by atoms with van der Waals surface area (Å²) in [5.74, 6) is 0. The molecule has 120 valence electrons. The Morgan fingerprint density at radius 1 is 1.33 bits per heavy atom. The number of aliphatic hydroxyl groups excluding tert-OH is 1. The molecule has 0 spiro atoms. The normalized spacial score (nSPS) is 21.1. The molecule has 0 saturated carbocycles. The molecule has 3 N–H and O–H groups in total. The van der Waals surface area contributed by atoms with Crippen molar-refractivity contribution < 1.29 is 5.11 Å². The van der Waals surface area contributed by atoms with Gasteiger partial charge in [0.1, 0.15) is 0 Å². The number of nitrogens with zero attached hydrogens (tertiary/aromatic N) is 4. The molecule has 1 aliphatic rings. The average molecular weight is 295 g/mol. The fourth-order valence-electron chi connectivity index (χ4n) is 3.18. The molecule has 21 heavy (non-hydrogen) atoms. The summed E-state index contributed by atoms with van der Waals surface area (Å²) >= 11 is 0. The van der Waals surface area contributed by atoms with E-state index >= 15 is 0 Å². The van der Waals surface area contributed by atoms with Crippen molar-refractivity contribution in [2.75, 3.05) is 39.3 Å². The maximum atomic E-state index is 9.11. The van der Waals surface area contributed by atoms with Gasteiger partial charge in [0, 0.05) is 51.0 Å². The molecule has 2 rings (SSSR count). The van der Waals surface area contributed by atoms with Gasteiger partial charge >= 0.3 is 0 Å². The van der Waals surface area contributed by atoms with Gasteiger partial charge in [-0.2, -0.15) is 5.10 Å². The van der Waals surface area contributed by atoms with Gasteiger partial charge in [0.2, 0.25) is 0 Å². The van der Waals surface area contributed by atoms with Crippen molar-refractivity contribution in [1.82, 2.24) is 19.6 Å². The third kappa shape index (κ3) is 4.26. The van der Waals surface area contributed by atoms with Crippen LogP contribution in [0.15, 0.2) is 12.4 Å². The van der Waals surface area contributed by atoms with E-state index in [1.54, 1.807) is 0 Å². The van der Waals surface area contributed by atoms with Crippen LogP contribution in [-0.4, -0.2) is 70.1 Å². The molecule has 6 nitrogen and oxygen atoms in total. The third-order valence-corrected chi connectivity index (χ3v) is 4.38.